The summed E-state index contributed by atoms with van der Waals surface area (Å²) in [5.41, 5.74) is 3.75. The normalized spacial score (nSPS) is 11.0. The van der Waals surface area contributed by atoms with Crippen LogP contribution in [0.1, 0.15) is 38.8 Å². The van der Waals surface area contributed by atoms with Crippen LogP contribution in [-0.4, -0.2) is 18.5 Å². The molecule has 1 aromatic carbocycles. The van der Waals surface area contributed by atoms with Crippen LogP contribution in [0, 0.1) is 17.3 Å². The molecule has 0 spiro atoms. The smallest absolute Gasteiger partial charge is 0.0240 e. The molecular weight excluding hydrogens is 290 g/mol. The molecule has 0 aliphatic rings. The van der Waals surface area contributed by atoms with E-state index in [4.69, 9.17) is 0 Å². The van der Waals surface area contributed by atoms with E-state index in [1.807, 2.05) is 6.08 Å². The molecule has 0 aromatic heterocycles. The molecular formula is C20H28ClN. The number of allylic oxidation sites excluding steroid dienone is 2. The van der Waals surface area contributed by atoms with Crippen LogP contribution in [0.25, 0.3) is 5.57 Å². The van der Waals surface area contributed by atoms with Gasteiger partial charge in [-0.25, -0.2) is 0 Å². The van der Waals surface area contributed by atoms with Gasteiger partial charge in [0.2, 0.25) is 0 Å². The van der Waals surface area contributed by atoms with Crippen LogP contribution in [0.5, 0.6) is 0 Å². The maximum absolute atomic E-state index is 4.05. The van der Waals surface area contributed by atoms with E-state index in [9.17, 15) is 0 Å². The number of rotatable bonds is 5. The molecule has 0 N–H and O–H groups in total. The van der Waals surface area contributed by atoms with Crippen LogP contribution in [0.2, 0.25) is 0 Å². The highest BCUT2D eigenvalue weighted by Gasteiger charge is 2.05. The molecule has 0 bridgehead atoms. The predicted molar refractivity (Wildman–Crippen MR) is 101 cm³/mol. The summed E-state index contributed by atoms with van der Waals surface area (Å²) in [6.07, 6.45) is 4.06. The van der Waals surface area contributed by atoms with Gasteiger partial charge in [-0.2, -0.15) is 0 Å². The number of likely N-dealkylation sites (N-methyl/N-ethyl adjacent to an activating group) is 1. The molecule has 1 aromatic rings. The molecule has 0 atom stereocenters. The molecule has 22 heavy (non-hydrogen) atoms. The summed E-state index contributed by atoms with van der Waals surface area (Å²) in [6, 6.07) is 8.45. The summed E-state index contributed by atoms with van der Waals surface area (Å²) in [7, 11) is 2.12. The number of hydrogen-bond donors (Lipinski definition) is 0. The van der Waals surface area contributed by atoms with Gasteiger partial charge in [0.15, 0.2) is 0 Å². The van der Waals surface area contributed by atoms with Crippen molar-refractivity contribution in [1.82, 2.24) is 4.90 Å². The van der Waals surface area contributed by atoms with Gasteiger partial charge in [-0.3, -0.25) is 4.90 Å². The lowest BCUT2D eigenvalue weighted by atomic mass is 9.98. The van der Waals surface area contributed by atoms with Crippen molar-refractivity contribution >= 4 is 18.0 Å². The lowest BCUT2D eigenvalue weighted by Crippen LogP contribution is -2.18. The highest BCUT2D eigenvalue weighted by molar-refractivity contribution is 5.85. The van der Waals surface area contributed by atoms with Gasteiger partial charge in [0.05, 0.1) is 0 Å². The Morgan fingerprint density at radius 3 is 2.50 bits per heavy atom. The topological polar surface area (TPSA) is 3.24 Å². The van der Waals surface area contributed by atoms with E-state index in [0.29, 0.717) is 0 Å². The van der Waals surface area contributed by atoms with Crippen LogP contribution in [0.15, 0.2) is 43.0 Å². The van der Waals surface area contributed by atoms with Crippen LogP contribution >= 0.6 is 12.4 Å². The van der Waals surface area contributed by atoms with Crippen LogP contribution in [0.3, 0.4) is 0 Å². The third kappa shape index (κ3) is 8.08. The number of nitrogens with zero attached hydrogens (tertiary/aromatic N) is 1. The number of benzene rings is 1. The molecule has 0 saturated heterocycles. The quantitative estimate of drug-likeness (QED) is 0.676. The zero-order valence-corrected chi connectivity index (χ0v) is 15.3. The summed E-state index contributed by atoms with van der Waals surface area (Å²) in [5, 5.41) is 0. The zero-order valence-electron chi connectivity index (χ0n) is 14.4. The Morgan fingerprint density at radius 1 is 1.27 bits per heavy atom. The van der Waals surface area contributed by atoms with Crippen molar-refractivity contribution in [2.45, 2.75) is 34.2 Å². The van der Waals surface area contributed by atoms with Gasteiger partial charge in [0.25, 0.3) is 0 Å². The Hall–Kier alpha value is -1.49. The number of halogens is 1. The highest BCUT2D eigenvalue weighted by atomic mass is 35.5. The van der Waals surface area contributed by atoms with Crippen molar-refractivity contribution in [3.05, 3.63) is 54.1 Å². The van der Waals surface area contributed by atoms with Crippen LogP contribution < -0.4 is 0 Å². The Bertz CT molecular complexity index is 567. The molecule has 0 aliphatic carbocycles. The van der Waals surface area contributed by atoms with E-state index in [0.717, 1.165) is 18.7 Å². The van der Waals surface area contributed by atoms with Crippen LogP contribution in [-0.2, 0) is 6.54 Å². The fourth-order valence-corrected chi connectivity index (χ4v) is 1.98. The van der Waals surface area contributed by atoms with Gasteiger partial charge in [-0.05, 0) is 51.9 Å². The highest BCUT2D eigenvalue weighted by Crippen LogP contribution is 2.18. The molecule has 0 unspecified atom stereocenters. The number of hydrogen-bond acceptors (Lipinski definition) is 1. The Labute approximate surface area is 142 Å². The van der Waals surface area contributed by atoms with Crippen LogP contribution in [0.4, 0.5) is 0 Å². The van der Waals surface area contributed by atoms with E-state index < -0.39 is 0 Å². The average molecular weight is 318 g/mol. The van der Waals surface area contributed by atoms with E-state index in [1.54, 1.807) is 0 Å². The predicted octanol–water partition coefficient (Wildman–Crippen LogP) is 5.18. The van der Waals surface area contributed by atoms with Crippen molar-refractivity contribution in [1.29, 1.82) is 0 Å². The SMILES string of the molecule is C=C(C)c1ccccc1CN(C)CC=CC#CC(C)(C)C.Cl. The fraction of sp³-hybridized carbons (Fsp3) is 0.400. The summed E-state index contributed by atoms with van der Waals surface area (Å²) in [4.78, 5) is 2.27. The van der Waals surface area contributed by atoms with Crippen molar-refractivity contribution in [2.24, 2.45) is 5.41 Å². The third-order valence-corrected chi connectivity index (χ3v) is 2.98. The summed E-state index contributed by atoms with van der Waals surface area (Å²) < 4.78 is 0. The van der Waals surface area contributed by atoms with Crippen molar-refractivity contribution < 1.29 is 0 Å². The maximum atomic E-state index is 4.05. The second-order valence-electron chi connectivity index (χ2n) is 6.56. The van der Waals surface area contributed by atoms with E-state index >= 15 is 0 Å². The van der Waals surface area contributed by atoms with Gasteiger partial charge < -0.3 is 0 Å². The first-order chi connectivity index (χ1) is 9.79. The first kappa shape index (κ1) is 20.5. The Kier molecular flexibility index (Phi) is 8.87. The Morgan fingerprint density at radius 2 is 1.91 bits per heavy atom. The molecule has 1 nitrogen and oxygen atoms in total. The molecule has 0 saturated carbocycles. The third-order valence-electron chi connectivity index (χ3n) is 2.98. The summed E-state index contributed by atoms with van der Waals surface area (Å²) >= 11 is 0. The Balaban J connectivity index is 0.00000441. The summed E-state index contributed by atoms with van der Waals surface area (Å²) in [5.74, 6) is 6.31. The van der Waals surface area contributed by atoms with E-state index in [2.05, 4.69) is 88.4 Å². The lowest BCUT2D eigenvalue weighted by molar-refractivity contribution is 0.363. The molecule has 0 heterocycles. The molecule has 1 rings (SSSR count). The van der Waals surface area contributed by atoms with Gasteiger partial charge in [0, 0.05) is 18.5 Å². The molecule has 0 fully saturated rings. The van der Waals surface area contributed by atoms with Crippen molar-refractivity contribution in [3.63, 3.8) is 0 Å². The second kappa shape index (κ2) is 9.51. The van der Waals surface area contributed by atoms with Gasteiger partial charge in [-0.1, -0.05) is 54.3 Å². The van der Waals surface area contributed by atoms with E-state index in [-0.39, 0.29) is 17.8 Å². The monoisotopic (exact) mass is 317 g/mol. The summed E-state index contributed by atoms with van der Waals surface area (Å²) in [6.45, 7) is 14.3. The molecule has 0 aliphatic heterocycles. The first-order valence-corrected chi connectivity index (χ1v) is 7.39. The van der Waals surface area contributed by atoms with Gasteiger partial charge in [-0.15, -0.1) is 12.4 Å². The standard InChI is InChI=1S/C20H27N.ClH/c1-17(2)19-13-9-8-12-18(19)16-21(6)15-11-7-10-14-20(3,4)5;/h7-9,11-13H,1,15-16H2,2-6H3;1H. The molecule has 0 radical (unpaired) electrons. The van der Waals surface area contributed by atoms with Gasteiger partial charge in [0.1, 0.15) is 0 Å². The minimum atomic E-state index is 0. The van der Waals surface area contributed by atoms with Crippen molar-refractivity contribution in [2.75, 3.05) is 13.6 Å². The zero-order chi connectivity index (χ0) is 15.9. The lowest BCUT2D eigenvalue weighted by Gasteiger charge is -2.17. The average Bonchev–Trinajstić information content (AvgIpc) is 2.37. The van der Waals surface area contributed by atoms with Gasteiger partial charge >= 0.3 is 0 Å². The van der Waals surface area contributed by atoms with Crippen molar-refractivity contribution in [3.8, 4) is 11.8 Å². The fourth-order valence-electron chi connectivity index (χ4n) is 1.98. The maximum Gasteiger partial charge on any atom is 0.0240 e. The van der Waals surface area contributed by atoms with E-state index in [1.165, 1.54) is 11.1 Å². The second-order valence-corrected chi connectivity index (χ2v) is 6.56. The molecule has 120 valence electrons. The minimum absolute atomic E-state index is 0. The molecule has 0 amide bonds. The first-order valence-electron chi connectivity index (χ1n) is 7.39. The molecule has 2 heteroatoms. The largest absolute Gasteiger partial charge is 0.298 e. The minimum Gasteiger partial charge on any atom is -0.298 e.